The fourth-order valence-electron chi connectivity index (χ4n) is 1.61. The lowest BCUT2D eigenvalue weighted by atomic mass is 9.76. The minimum absolute atomic E-state index is 0.0139. The highest BCUT2D eigenvalue weighted by molar-refractivity contribution is 6.50. The van der Waals surface area contributed by atoms with E-state index in [4.69, 9.17) is 9.31 Å². The molecular weight excluding hydrogens is 225 g/mol. The molecule has 1 heterocycles. The average Bonchev–Trinajstić information content (AvgIpc) is 2.12. The molecule has 1 rings (SSSR count). The van der Waals surface area contributed by atoms with Crippen LogP contribution in [0.5, 0.6) is 0 Å². The van der Waals surface area contributed by atoms with Crippen molar-refractivity contribution in [3.8, 4) is 0 Å². The summed E-state index contributed by atoms with van der Waals surface area (Å²) in [5.74, 6) is -0.795. The number of likely N-dealkylation sites (N-methyl/N-ethyl adjacent to an activating group) is 1. The Kier molecular flexibility index (Phi) is 4.95. The van der Waals surface area contributed by atoms with E-state index in [1.165, 1.54) is 4.90 Å². The number of aliphatic hydroxyl groups is 1. The van der Waals surface area contributed by atoms with Crippen molar-refractivity contribution in [3.63, 3.8) is 0 Å². The minimum atomic E-state index is -1.19. The Hall–Kier alpha value is -1.08. The Bertz CT molecular complexity index is 276. The third-order valence-corrected chi connectivity index (χ3v) is 2.32. The third kappa shape index (κ3) is 4.74. The van der Waals surface area contributed by atoms with Gasteiger partial charge in [-0.05, 0) is 19.4 Å². The molecule has 7 heteroatoms. The van der Waals surface area contributed by atoms with E-state index in [2.05, 4.69) is 0 Å². The summed E-state index contributed by atoms with van der Waals surface area (Å²) in [4.78, 5) is 24.3. The highest BCUT2D eigenvalue weighted by Crippen LogP contribution is 2.11. The number of aliphatic hydroxyl groups excluding tert-OH is 1. The van der Waals surface area contributed by atoms with E-state index in [1.807, 2.05) is 13.8 Å². The molecule has 1 N–H and O–H groups in total. The van der Waals surface area contributed by atoms with Crippen molar-refractivity contribution in [3.05, 3.63) is 0 Å². The van der Waals surface area contributed by atoms with Crippen LogP contribution in [0.25, 0.3) is 0 Å². The fraction of sp³-hybridized carbons (Fsp3) is 0.800. The Morgan fingerprint density at radius 2 is 1.76 bits per heavy atom. The van der Waals surface area contributed by atoms with Crippen molar-refractivity contribution in [2.75, 3.05) is 20.1 Å². The Morgan fingerprint density at radius 1 is 1.29 bits per heavy atom. The number of hydrogen-bond acceptors (Lipinski definition) is 6. The molecule has 0 amide bonds. The van der Waals surface area contributed by atoms with Gasteiger partial charge in [-0.3, -0.25) is 14.5 Å². The van der Waals surface area contributed by atoms with E-state index in [1.54, 1.807) is 7.05 Å². The van der Waals surface area contributed by atoms with Crippen LogP contribution in [0.4, 0.5) is 0 Å². The van der Waals surface area contributed by atoms with Crippen LogP contribution in [-0.4, -0.2) is 55.2 Å². The molecule has 1 unspecified atom stereocenters. The summed E-state index contributed by atoms with van der Waals surface area (Å²) in [6.07, 6.45) is 0.404. The third-order valence-electron chi connectivity index (χ3n) is 2.32. The largest absolute Gasteiger partial charge is 0.629 e. The first-order valence-electron chi connectivity index (χ1n) is 5.64. The Labute approximate surface area is 101 Å². The molecule has 0 saturated carbocycles. The summed E-state index contributed by atoms with van der Waals surface area (Å²) < 4.78 is 9.84. The molecule has 0 aromatic carbocycles. The second-order valence-corrected chi connectivity index (χ2v) is 4.72. The molecule has 0 aliphatic carbocycles. The van der Waals surface area contributed by atoms with Gasteiger partial charge in [-0.25, -0.2) is 0 Å². The first kappa shape index (κ1) is 14.0. The summed E-state index contributed by atoms with van der Waals surface area (Å²) in [6, 6.07) is -0.980. The van der Waals surface area contributed by atoms with E-state index in [9.17, 15) is 14.7 Å². The van der Waals surface area contributed by atoms with Gasteiger partial charge in [0.05, 0.1) is 13.1 Å². The van der Waals surface area contributed by atoms with Crippen molar-refractivity contribution in [1.82, 2.24) is 4.90 Å². The molecule has 1 aliphatic heterocycles. The van der Waals surface area contributed by atoms with Crippen molar-refractivity contribution in [2.24, 2.45) is 5.92 Å². The first-order chi connectivity index (χ1) is 7.88. The molecule has 0 spiro atoms. The average molecular weight is 243 g/mol. The van der Waals surface area contributed by atoms with Crippen LogP contribution in [0.2, 0.25) is 0 Å². The van der Waals surface area contributed by atoms with E-state index < -0.39 is 25.1 Å². The topological polar surface area (TPSA) is 76.1 Å². The summed E-state index contributed by atoms with van der Waals surface area (Å²) in [5.41, 5.74) is 0. The molecule has 96 valence electrons. The zero-order chi connectivity index (χ0) is 13.0. The number of hydrogen-bond donors (Lipinski definition) is 1. The maximum atomic E-state index is 11.4. The monoisotopic (exact) mass is 243 g/mol. The fourth-order valence-corrected chi connectivity index (χ4v) is 1.61. The first-order valence-corrected chi connectivity index (χ1v) is 5.64. The van der Waals surface area contributed by atoms with Gasteiger partial charge in [-0.1, -0.05) is 13.8 Å². The molecule has 0 aromatic heterocycles. The highest BCUT2D eigenvalue weighted by atomic mass is 16.6. The van der Waals surface area contributed by atoms with E-state index in [0.717, 1.165) is 0 Å². The van der Waals surface area contributed by atoms with Crippen LogP contribution in [0, 0.1) is 5.92 Å². The molecule has 1 aliphatic rings. The lowest BCUT2D eigenvalue weighted by molar-refractivity contribution is -0.146. The van der Waals surface area contributed by atoms with Gasteiger partial charge in [0.1, 0.15) is 6.00 Å². The molecule has 1 fully saturated rings. The maximum Gasteiger partial charge on any atom is 0.629 e. The normalized spacial score (nSPS) is 20.6. The van der Waals surface area contributed by atoms with Gasteiger partial charge in [0, 0.05) is 0 Å². The summed E-state index contributed by atoms with van der Waals surface area (Å²) >= 11 is 0. The Balaban J connectivity index is 2.64. The predicted molar refractivity (Wildman–Crippen MR) is 60.9 cm³/mol. The van der Waals surface area contributed by atoms with Crippen molar-refractivity contribution in [1.29, 1.82) is 0 Å². The number of rotatable bonds is 3. The van der Waals surface area contributed by atoms with Gasteiger partial charge in [0.15, 0.2) is 0 Å². The molecule has 0 bridgehead atoms. The second-order valence-electron chi connectivity index (χ2n) is 4.72. The quantitative estimate of drug-likeness (QED) is 0.670. The number of nitrogens with zero attached hydrogens (tertiary/aromatic N) is 1. The van der Waals surface area contributed by atoms with Crippen molar-refractivity contribution in [2.45, 2.75) is 26.3 Å². The predicted octanol–water partition coefficient (Wildman–Crippen LogP) is -0.547. The zero-order valence-electron chi connectivity index (χ0n) is 10.4. The van der Waals surface area contributed by atoms with Gasteiger partial charge in [-0.2, -0.15) is 0 Å². The molecule has 1 atom stereocenters. The second kappa shape index (κ2) is 6.02. The molecule has 17 heavy (non-hydrogen) atoms. The number of carbonyl (C=O) groups is 2. The van der Waals surface area contributed by atoms with Gasteiger partial charge in [0.25, 0.3) is 0 Å². The van der Waals surface area contributed by atoms with E-state index in [0.29, 0.717) is 6.42 Å². The van der Waals surface area contributed by atoms with E-state index >= 15 is 0 Å². The molecule has 6 nitrogen and oxygen atoms in total. The standard InChI is InChI=1S/C10H18BNO5/c1-7(2)4-8(13)11-16-9(14)5-12(3)6-10(15)17-11/h7-8,13H,4-6H2,1-3H3. The summed E-state index contributed by atoms with van der Waals surface area (Å²) in [5, 5.41) is 9.79. The molecule has 0 aromatic rings. The van der Waals surface area contributed by atoms with Crippen LogP contribution in [0.1, 0.15) is 20.3 Å². The smallest absolute Gasteiger partial charge is 0.497 e. The molecule has 1 saturated heterocycles. The SMILES string of the molecule is CC(C)CC(O)B1OC(=O)CN(C)CC(=O)O1. The summed E-state index contributed by atoms with van der Waals surface area (Å²) in [7, 11) is 0.430. The highest BCUT2D eigenvalue weighted by Gasteiger charge is 2.38. The van der Waals surface area contributed by atoms with Crippen LogP contribution in [0.15, 0.2) is 0 Å². The van der Waals surface area contributed by atoms with Gasteiger partial charge in [-0.15, -0.1) is 0 Å². The summed E-state index contributed by atoms with van der Waals surface area (Å²) in [6.45, 7) is 3.87. The molecular formula is C10H18BNO5. The van der Waals surface area contributed by atoms with Crippen molar-refractivity contribution >= 4 is 19.1 Å². The Morgan fingerprint density at radius 3 is 2.18 bits per heavy atom. The van der Waals surface area contributed by atoms with Gasteiger partial charge < -0.3 is 14.4 Å². The van der Waals surface area contributed by atoms with Crippen LogP contribution in [0.3, 0.4) is 0 Å². The van der Waals surface area contributed by atoms with Crippen LogP contribution in [-0.2, 0) is 18.9 Å². The number of carbonyl (C=O) groups excluding carboxylic acids is 2. The minimum Gasteiger partial charge on any atom is -0.497 e. The maximum absolute atomic E-state index is 11.4. The van der Waals surface area contributed by atoms with Gasteiger partial charge >= 0.3 is 19.1 Å². The van der Waals surface area contributed by atoms with Gasteiger partial charge in [0.2, 0.25) is 0 Å². The lowest BCUT2D eigenvalue weighted by Gasteiger charge is -2.25. The van der Waals surface area contributed by atoms with E-state index in [-0.39, 0.29) is 19.0 Å². The molecule has 0 radical (unpaired) electrons. The van der Waals surface area contributed by atoms with Crippen LogP contribution < -0.4 is 0 Å². The van der Waals surface area contributed by atoms with Crippen molar-refractivity contribution < 1.29 is 24.0 Å². The zero-order valence-corrected chi connectivity index (χ0v) is 10.4. The lowest BCUT2D eigenvalue weighted by Crippen LogP contribution is -2.48. The van der Waals surface area contributed by atoms with Crippen LogP contribution >= 0.6 is 0 Å².